The van der Waals surface area contributed by atoms with Gasteiger partial charge in [-0.25, -0.2) is 0 Å². The first-order chi connectivity index (χ1) is 8.97. The second-order valence-electron chi connectivity index (χ2n) is 4.00. The highest BCUT2D eigenvalue weighted by Crippen LogP contribution is 2.23. The number of halogens is 3. The predicted molar refractivity (Wildman–Crippen MR) is 76.0 cm³/mol. The Balaban J connectivity index is 2.12. The highest BCUT2D eigenvalue weighted by Gasteiger charge is 2.16. The van der Waals surface area contributed by atoms with Crippen LogP contribution in [0.5, 0.6) is 0 Å². The van der Waals surface area contributed by atoms with E-state index in [9.17, 15) is 4.79 Å². The SMILES string of the molecule is CN(Cc1ccc(Cl)cc1Cl)C(=O)c1ccc(Cl)o1. The second kappa shape index (κ2) is 5.87. The molecule has 0 unspecified atom stereocenters. The van der Waals surface area contributed by atoms with Gasteiger partial charge < -0.3 is 9.32 Å². The molecule has 2 rings (SSSR count). The maximum absolute atomic E-state index is 12.0. The summed E-state index contributed by atoms with van der Waals surface area (Å²) < 4.78 is 5.07. The number of benzene rings is 1. The summed E-state index contributed by atoms with van der Waals surface area (Å²) >= 11 is 17.5. The summed E-state index contributed by atoms with van der Waals surface area (Å²) in [4.78, 5) is 13.5. The molecule has 1 aromatic heterocycles. The normalized spacial score (nSPS) is 10.5. The van der Waals surface area contributed by atoms with Crippen molar-refractivity contribution in [1.29, 1.82) is 0 Å². The van der Waals surface area contributed by atoms with Crippen molar-refractivity contribution in [2.75, 3.05) is 7.05 Å². The fourth-order valence-corrected chi connectivity index (χ4v) is 2.21. The van der Waals surface area contributed by atoms with Crippen molar-refractivity contribution in [2.24, 2.45) is 0 Å². The van der Waals surface area contributed by atoms with Crippen LogP contribution in [-0.4, -0.2) is 17.9 Å². The molecule has 1 amide bonds. The fraction of sp³-hybridized carbons (Fsp3) is 0.154. The molecule has 0 bridgehead atoms. The molecule has 100 valence electrons. The van der Waals surface area contributed by atoms with Crippen molar-refractivity contribution in [2.45, 2.75) is 6.54 Å². The molecule has 0 saturated carbocycles. The molecule has 6 heteroatoms. The smallest absolute Gasteiger partial charge is 0.289 e. The van der Waals surface area contributed by atoms with E-state index in [0.717, 1.165) is 5.56 Å². The topological polar surface area (TPSA) is 33.5 Å². The Hall–Kier alpha value is -1.16. The lowest BCUT2D eigenvalue weighted by Gasteiger charge is -2.16. The van der Waals surface area contributed by atoms with Crippen LogP contribution in [-0.2, 0) is 6.54 Å². The van der Waals surface area contributed by atoms with E-state index in [0.29, 0.717) is 16.6 Å². The summed E-state index contributed by atoms with van der Waals surface area (Å²) in [6.07, 6.45) is 0. The van der Waals surface area contributed by atoms with Crippen molar-refractivity contribution in [1.82, 2.24) is 4.90 Å². The third-order valence-corrected chi connectivity index (χ3v) is 3.34. The van der Waals surface area contributed by atoms with Crippen molar-refractivity contribution in [3.63, 3.8) is 0 Å². The van der Waals surface area contributed by atoms with Gasteiger partial charge in [0.1, 0.15) is 0 Å². The summed E-state index contributed by atoms with van der Waals surface area (Å²) in [5.74, 6) is -0.0736. The summed E-state index contributed by atoms with van der Waals surface area (Å²) in [7, 11) is 1.66. The van der Waals surface area contributed by atoms with Crippen LogP contribution in [0.2, 0.25) is 15.3 Å². The zero-order valence-corrected chi connectivity index (χ0v) is 12.3. The van der Waals surface area contributed by atoms with Gasteiger partial charge in [-0.15, -0.1) is 0 Å². The monoisotopic (exact) mass is 317 g/mol. The van der Waals surface area contributed by atoms with E-state index in [-0.39, 0.29) is 16.9 Å². The van der Waals surface area contributed by atoms with E-state index in [1.165, 1.54) is 17.0 Å². The van der Waals surface area contributed by atoms with E-state index >= 15 is 0 Å². The molecule has 0 aliphatic heterocycles. The van der Waals surface area contributed by atoms with Crippen LogP contribution >= 0.6 is 34.8 Å². The lowest BCUT2D eigenvalue weighted by atomic mass is 10.2. The van der Waals surface area contributed by atoms with Crippen LogP contribution in [0, 0.1) is 0 Å². The summed E-state index contributed by atoms with van der Waals surface area (Å²) in [5, 5.41) is 1.26. The van der Waals surface area contributed by atoms with E-state index in [4.69, 9.17) is 39.2 Å². The van der Waals surface area contributed by atoms with Crippen molar-refractivity contribution in [3.05, 3.63) is 56.9 Å². The second-order valence-corrected chi connectivity index (χ2v) is 5.22. The van der Waals surface area contributed by atoms with E-state index in [1.54, 1.807) is 25.2 Å². The predicted octanol–water partition coefficient (Wildman–Crippen LogP) is 4.51. The van der Waals surface area contributed by atoms with Crippen molar-refractivity contribution in [3.8, 4) is 0 Å². The van der Waals surface area contributed by atoms with Crippen molar-refractivity contribution < 1.29 is 9.21 Å². The molecule has 0 aliphatic rings. The Kier molecular flexibility index (Phi) is 4.40. The number of carbonyl (C=O) groups excluding carboxylic acids is 1. The Morgan fingerprint density at radius 3 is 2.53 bits per heavy atom. The minimum absolute atomic E-state index is 0.182. The lowest BCUT2D eigenvalue weighted by molar-refractivity contribution is 0.0753. The first-order valence-corrected chi connectivity index (χ1v) is 6.55. The summed E-state index contributed by atoms with van der Waals surface area (Å²) in [5.41, 5.74) is 0.805. The Labute approximate surface area is 125 Å². The molecular formula is C13H10Cl3NO2. The molecule has 19 heavy (non-hydrogen) atoms. The molecule has 0 atom stereocenters. The van der Waals surface area contributed by atoms with Gasteiger partial charge >= 0.3 is 0 Å². The van der Waals surface area contributed by atoms with Crippen LogP contribution in [0.3, 0.4) is 0 Å². The lowest BCUT2D eigenvalue weighted by Crippen LogP contribution is -2.25. The Bertz CT molecular complexity index is 610. The molecule has 0 fully saturated rings. The first-order valence-electron chi connectivity index (χ1n) is 5.42. The standard InChI is InChI=1S/C13H10Cl3NO2/c1-17(13(18)11-4-5-12(16)19-11)7-8-2-3-9(14)6-10(8)15/h2-6H,7H2,1H3. The van der Waals surface area contributed by atoms with Crippen LogP contribution in [0.1, 0.15) is 16.1 Å². The van der Waals surface area contributed by atoms with Gasteiger partial charge in [0, 0.05) is 23.6 Å². The van der Waals surface area contributed by atoms with Gasteiger partial charge in [0.15, 0.2) is 11.0 Å². The van der Waals surface area contributed by atoms with Crippen LogP contribution in [0.4, 0.5) is 0 Å². The number of furan rings is 1. The van der Waals surface area contributed by atoms with E-state index in [2.05, 4.69) is 0 Å². The number of rotatable bonds is 3. The Morgan fingerprint density at radius 1 is 1.21 bits per heavy atom. The maximum Gasteiger partial charge on any atom is 0.289 e. The molecule has 1 heterocycles. The van der Waals surface area contributed by atoms with Crippen molar-refractivity contribution >= 4 is 40.7 Å². The highest BCUT2D eigenvalue weighted by atomic mass is 35.5. The van der Waals surface area contributed by atoms with E-state index < -0.39 is 0 Å². The number of carbonyl (C=O) groups is 1. The van der Waals surface area contributed by atoms with Gasteiger partial charge in [-0.2, -0.15) is 0 Å². The number of nitrogens with zero attached hydrogens (tertiary/aromatic N) is 1. The summed E-state index contributed by atoms with van der Waals surface area (Å²) in [6, 6.07) is 8.21. The number of hydrogen-bond donors (Lipinski definition) is 0. The van der Waals surface area contributed by atoms with Crippen LogP contribution in [0.15, 0.2) is 34.7 Å². The quantitative estimate of drug-likeness (QED) is 0.834. The minimum atomic E-state index is -0.266. The zero-order chi connectivity index (χ0) is 14.0. The Morgan fingerprint density at radius 2 is 1.95 bits per heavy atom. The van der Waals surface area contributed by atoms with Crippen LogP contribution < -0.4 is 0 Å². The molecule has 0 N–H and O–H groups in total. The number of amides is 1. The summed E-state index contributed by atoms with van der Waals surface area (Å²) in [6.45, 7) is 0.354. The zero-order valence-electron chi connectivity index (χ0n) is 9.99. The first kappa shape index (κ1) is 14.3. The van der Waals surface area contributed by atoms with Gasteiger partial charge in [0.05, 0.1) is 0 Å². The highest BCUT2D eigenvalue weighted by molar-refractivity contribution is 6.35. The van der Waals surface area contributed by atoms with Gasteiger partial charge in [-0.1, -0.05) is 29.3 Å². The average Bonchev–Trinajstić information content (AvgIpc) is 2.78. The third-order valence-electron chi connectivity index (χ3n) is 2.55. The largest absolute Gasteiger partial charge is 0.440 e. The molecule has 0 spiro atoms. The molecular weight excluding hydrogens is 309 g/mol. The maximum atomic E-state index is 12.0. The number of hydrogen-bond acceptors (Lipinski definition) is 2. The molecule has 0 saturated heterocycles. The fourth-order valence-electron chi connectivity index (χ4n) is 1.59. The van der Waals surface area contributed by atoms with Gasteiger partial charge in [0.2, 0.25) is 0 Å². The van der Waals surface area contributed by atoms with Crippen LogP contribution in [0.25, 0.3) is 0 Å². The molecule has 0 aliphatic carbocycles. The molecule has 0 radical (unpaired) electrons. The molecule has 1 aromatic carbocycles. The molecule has 3 nitrogen and oxygen atoms in total. The van der Waals surface area contributed by atoms with Gasteiger partial charge in [-0.05, 0) is 41.4 Å². The van der Waals surface area contributed by atoms with E-state index in [1.807, 2.05) is 0 Å². The van der Waals surface area contributed by atoms with Gasteiger partial charge in [0.25, 0.3) is 5.91 Å². The average molecular weight is 319 g/mol. The molecule has 2 aromatic rings. The minimum Gasteiger partial charge on any atom is -0.440 e. The van der Waals surface area contributed by atoms with Gasteiger partial charge in [-0.3, -0.25) is 4.79 Å². The third kappa shape index (κ3) is 3.44.